The van der Waals surface area contributed by atoms with Gasteiger partial charge in [-0.05, 0) is 52.8 Å². The number of thiazole rings is 2. The molecule has 1 N–H and O–H groups in total. The van der Waals surface area contributed by atoms with Crippen molar-refractivity contribution in [3.05, 3.63) is 38.7 Å². The number of esters is 1. The lowest BCUT2D eigenvalue weighted by Gasteiger charge is -2.32. The molecule has 0 radical (unpaired) electrons. The van der Waals surface area contributed by atoms with E-state index in [1.807, 2.05) is 26.0 Å². The number of hydrogen-bond donors (Lipinski definition) is 1. The molecule has 0 fully saturated rings. The van der Waals surface area contributed by atoms with Crippen LogP contribution in [0.3, 0.4) is 0 Å². The Labute approximate surface area is 204 Å². The highest BCUT2D eigenvalue weighted by Gasteiger charge is 2.33. The molecule has 178 valence electrons. The van der Waals surface area contributed by atoms with Gasteiger partial charge in [0.05, 0.1) is 28.7 Å². The zero-order valence-electron chi connectivity index (χ0n) is 19.4. The molecule has 11 heteroatoms. The smallest absolute Gasteiger partial charge is 0.350 e. The van der Waals surface area contributed by atoms with Crippen molar-refractivity contribution >= 4 is 51.3 Å². The van der Waals surface area contributed by atoms with Crippen LogP contribution in [0.2, 0.25) is 0 Å². The number of amides is 2. The number of fused-ring (bicyclic) bond motifs is 1. The zero-order valence-corrected chi connectivity index (χ0v) is 21.1. The second kappa shape index (κ2) is 9.51. The van der Waals surface area contributed by atoms with Crippen molar-refractivity contribution in [2.45, 2.75) is 40.7 Å². The molecule has 3 heterocycles. The molecule has 1 aliphatic rings. The van der Waals surface area contributed by atoms with Crippen molar-refractivity contribution in [3.63, 3.8) is 0 Å². The van der Waals surface area contributed by atoms with Crippen molar-refractivity contribution in [1.29, 1.82) is 0 Å². The maximum absolute atomic E-state index is 12.9. The largest absolute Gasteiger partial charge is 0.479 e. The fourth-order valence-corrected chi connectivity index (χ4v) is 5.37. The molecular weight excluding hydrogens is 476 g/mol. The Morgan fingerprint density at radius 3 is 2.65 bits per heavy atom. The molecule has 0 aliphatic carbocycles. The van der Waals surface area contributed by atoms with Crippen LogP contribution in [0, 0.1) is 20.8 Å². The van der Waals surface area contributed by atoms with E-state index in [0.29, 0.717) is 22.0 Å². The Balaban J connectivity index is 1.58. The highest BCUT2D eigenvalue weighted by atomic mass is 32.1. The first kappa shape index (κ1) is 23.8. The second-order valence-corrected chi connectivity index (χ2v) is 10.1. The van der Waals surface area contributed by atoms with Gasteiger partial charge in [0.2, 0.25) is 5.91 Å². The van der Waals surface area contributed by atoms with Crippen molar-refractivity contribution in [3.8, 4) is 17.0 Å². The predicted octanol–water partition coefficient (Wildman–Crippen LogP) is 4.12. The molecule has 1 unspecified atom stereocenters. The summed E-state index contributed by atoms with van der Waals surface area (Å²) in [6.45, 7) is 8.99. The van der Waals surface area contributed by atoms with Gasteiger partial charge in [-0.1, -0.05) is 11.3 Å². The molecule has 3 aromatic rings. The maximum Gasteiger partial charge on any atom is 0.350 e. The van der Waals surface area contributed by atoms with Crippen LogP contribution in [0.25, 0.3) is 11.3 Å². The third-order valence-corrected chi connectivity index (χ3v) is 7.09. The number of ether oxygens (including phenoxy) is 2. The first-order chi connectivity index (χ1) is 16.2. The van der Waals surface area contributed by atoms with E-state index in [9.17, 15) is 14.4 Å². The summed E-state index contributed by atoms with van der Waals surface area (Å²) in [4.78, 5) is 49.5. The number of nitrogens with one attached hydrogen (secondary N) is 1. The number of nitrogens with zero attached hydrogens (tertiary/aromatic N) is 3. The van der Waals surface area contributed by atoms with Crippen molar-refractivity contribution in [2.24, 2.45) is 0 Å². The molecule has 0 spiro atoms. The van der Waals surface area contributed by atoms with Crippen LogP contribution >= 0.6 is 22.7 Å². The molecule has 4 rings (SSSR count). The number of anilines is 2. The first-order valence-corrected chi connectivity index (χ1v) is 12.3. The number of carbonyl (C=O) groups is 3. The summed E-state index contributed by atoms with van der Waals surface area (Å²) in [5, 5.41) is 3.90. The lowest BCUT2D eigenvalue weighted by atomic mass is 10.1. The fourth-order valence-electron chi connectivity index (χ4n) is 3.65. The highest BCUT2D eigenvalue weighted by Crippen LogP contribution is 2.38. The van der Waals surface area contributed by atoms with Gasteiger partial charge in [-0.25, -0.2) is 14.8 Å². The van der Waals surface area contributed by atoms with Crippen molar-refractivity contribution < 1.29 is 23.9 Å². The minimum atomic E-state index is -0.730. The molecule has 1 aromatic carbocycles. The first-order valence-electron chi connectivity index (χ1n) is 10.7. The van der Waals surface area contributed by atoms with E-state index in [1.165, 1.54) is 4.90 Å². The minimum Gasteiger partial charge on any atom is -0.479 e. The summed E-state index contributed by atoms with van der Waals surface area (Å²) in [5.41, 5.74) is 2.65. The lowest BCUT2D eigenvalue weighted by molar-refractivity contribution is -0.127. The summed E-state index contributed by atoms with van der Waals surface area (Å²) in [7, 11) is 0. The quantitative estimate of drug-likeness (QED) is 0.507. The Bertz CT molecular complexity index is 1280. The normalized spacial score (nSPS) is 15.0. The molecule has 34 heavy (non-hydrogen) atoms. The Morgan fingerprint density at radius 2 is 1.97 bits per heavy atom. The summed E-state index contributed by atoms with van der Waals surface area (Å²) in [6, 6.07) is 5.51. The Hall–Kier alpha value is -3.31. The summed E-state index contributed by atoms with van der Waals surface area (Å²) < 4.78 is 10.8. The molecule has 9 nitrogen and oxygen atoms in total. The van der Waals surface area contributed by atoms with Gasteiger partial charge in [0.1, 0.15) is 17.2 Å². The molecule has 0 saturated heterocycles. The van der Waals surface area contributed by atoms with E-state index < -0.39 is 18.0 Å². The number of carbonyl (C=O) groups excluding carboxylic acids is 3. The van der Waals surface area contributed by atoms with Gasteiger partial charge < -0.3 is 14.8 Å². The Kier molecular flexibility index (Phi) is 6.67. The number of benzene rings is 1. The van der Waals surface area contributed by atoms with E-state index in [1.54, 1.807) is 38.2 Å². The van der Waals surface area contributed by atoms with Gasteiger partial charge in [-0.3, -0.25) is 14.5 Å². The second-order valence-electron chi connectivity index (χ2n) is 7.71. The van der Waals surface area contributed by atoms with Crippen LogP contribution in [0.4, 0.5) is 10.8 Å². The van der Waals surface area contributed by atoms with Crippen LogP contribution in [-0.4, -0.2) is 47.0 Å². The van der Waals surface area contributed by atoms with E-state index in [4.69, 9.17) is 9.47 Å². The van der Waals surface area contributed by atoms with Gasteiger partial charge in [-0.15, -0.1) is 11.3 Å². The van der Waals surface area contributed by atoms with Crippen LogP contribution in [0.1, 0.15) is 39.1 Å². The van der Waals surface area contributed by atoms with Gasteiger partial charge in [0, 0.05) is 10.4 Å². The molecule has 2 amide bonds. The van der Waals surface area contributed by atoms with Crippen LogP contribution < -0.4 is 15.0 Å². The standard InChI is InChI=1S/C23H24N4O5S2/c1-6-31-22(30)20-11(2)24-23(34-20)26-18(28)10-27-16-9-15(19-13(4)33-14(5)25-19)7-8-17(16)32-12(3)21(27)29/h7-9,12H,6,10H2,1-5H3,(H,24,26,28). The van der Waals surface area contributed by atoms with Crippen LogP contribution in [0.15, 0.2) is 18.2 Å². The average Bonchev–Trinajstić information content (AvgIpc) is 3.31. The van der Waals surface area contributed by atoms with E-state index in [0.717, 1.165) is 32.5 Å². The van der Waals surface area contributed by atoms with Crippen molar-refractivity contribution in [2.75, 3.05) is 23.4 Å². The zero-order chi connectivity index (χ0) is 24.6. The number of aryl methyl sites for hydroxylation is 3. The third kappa shape index (κ3) is 4.66. The number of aromatic nitrogens is 2. The Morgan fingerprint density at radius 1 is 1.21 bits per heavy atom. The topological polar surface area (TPSA) is 111 Å². The summed E-state index contributed by atoms with van der Waals surface area (Å²) in [5.74, 6) is -0.732. The number of hydrogen-bond acceptors (Lipinski definition) is 9. The third-order valence-electron chi connectivity index (χ3n) is 5.15. The molecule has 0 bridgehead atoms. The fraction of sp³-hybridized carbons (Fsp3) is 0.348. The van der Waals surface area contributed by atoms with Crippen LogP contribution in [0.5, 0.6) is 5.75 Å². The van der Waals surface area contributed by atoms with Gasteiger partial charge in [0.15, 0.2) is 11.2 Å². The molecule has 2 aromatic heterocycles. The van der Waals surface area contributed by atoms with E-state index in [-0.39, 0.29) is 24.2 Å². The average molecular weight is 501 g/mol. The van der Waals surface area contributed by atoms with Crippen molar-refractivity contribution in [1.82, 2.24) is 9.97 Å². The van der Waals surface area contributed by atoms with E-state index >= 15 is 0 Å². The molecule has 1 aliphatic heterocycles. The minimum absolute atomic E-state index is 0.231. The van der Waals surface area contributed by atoms with Gasteiger partial charge in [0.25, 0.3) is 5.91 Å². The highest BCUT2D eigenvalue weighted by molar-refractivity contribution is 7.17. The molecule has 1 atom stereocenters. The van der Waals surface area contributed by atoms with E-state index in [2.05, 4.69) is 15.3 Å². The lowest BCUT2D eigenvalue weighted by Crippen LogP contribution is -2.47. The molecule has 0 saturated carbocycles. The molecular formula is C23H24N4O5S2. The van der Waals surface area contributed by atoms with Gasteiger partial charge >= 0.3 is 5.97 Å². The maximum atomic E-state index is 12.9. The van der Waals surface area contributed by atoms with Gasteiger partial charge in [-0.2, -0.15) is 0 Å². The SMILES string of the molecule is CCOC(=O)c1sc(NC(=O)CN2C(=O)C(C)Oc3ccc(-c4nc(C)sc4C)cc32)nc1C. The summed E-state index contributed by atoms with van der Waals surface area (Å²) >= 11 is 2.63. The van der Waals surface area contributed by atoms with Crippen LogP contribution in [-0.2, 0) is 14.3 Å². The summed E-state index contributed by atoms with van der Waals surface area (Å²) in [6.07, 6.45) is -0.730. The number of rotatable bonds is 6. The monoisotopic (exact) mass is 500 g/mol. The predicted molar refractivity (Wildman–Crippen MR) is 131 cm³/mol.